The number of aromatic nitrogens is 1. The molecule has 0 aliphatic carbocycles. The molecule has 0 atom stereocenters. The van der Waals surface area contributed by atoms with E-state index in [1.807, 2.05) is 0 Å². The fourth-order valence-corrected chi connectivity index (χ4v) is 1.48. The van der Waals surface area contributed by atoms with Crippen molar-refractivity contribution in [1.29, 1.82) is 0 Å². The second-order valence-electron chi connectivity index (χ2n) is 3.12. The largest absolute Gasteiger partial charge is 0.432 e. The van der Waals surface area contributed by atoms with Gasteiger partial charge in [0.15, 0.2) is 5.75 Å². The quantitative estimate of drug-likeness (QED) is 0.611. The summed E-state index contributed by atoms with van der Waals surface area (Å²) in [5.74, 6) is -0.179. The minimum absolute atomic E-state index is 0.0435. The van der Waals surface area contributed by atoms with Crippen LogP contribution < -0.4 is 4.74 Å². The number of pyridine rings is 1. The summed E-state index contributed by atoms with van der Waals surface area (Å²) < 4.78 is 28.5. The molecule has 17 heavy (non-hydrogen) atoms. The summed E-state index contributed by atoms with van der Waals surface area (Å²) in [5.41, 5.74) is -0.156. The summed E-state index contributed by atoms with van der Waals surface area (Å²) in [6.45, 7) is -3.00. The number of hydrogen-bond donors (Lipinski definition) is 0. The van der Waals surface area contributed by atoms with Gasteiger partial charge in [0, 0.05) is 12.3 Å². The number of benzene rings is 1. The number of non-ortho nitro benzene ring substituents is 1. The minimum atomic E-state index is -3.00. The molecule has 0 unspecified atom stereocenters. The van der Waals surface area contributed by atoms with Gasteiger partial charge in [-0.2, -0.15) is 8.78 Å². The van der Waals surface area contributed by atoms with Crippen LogP contribution in [-0.4, -0.2) is 16.5 Å². The van der Waals surface area contributed by atoms with Gasteiger partial charge in [-0.05, 0) is 18.2 Å². The van der Waals surface area contributed by atoms with Crippen molar-refractivity contribution in [2.75, 3.05) is 0 Å². The molecule has 0 saturated heterocycles. The van der Waals surface area contributed by atoms with Crippen molar-refractivity contribution in [1.82, 2.24) is 4.98 Å². The third-order valence-corrected chi connectivity index (χ3v) is 2.12. The molecule has 0 aliphatic heterocycles. The van der Waals surface area contributed by atoms with Gasteiger partial charge < -0.3 is 4.74 Å². The molecule has 0 saturated carbocycles. The molecule has 2 aromatic rings. The first-order valence-electron chi connectivity index (χ1n) is 4.56. The van der Waals surface area contributed by atoms with E-state index < -0.39 is 11.5 Å². The van der Waals surface area contributed by atoms with Crippen molar-refractivity contribution < 1.29 is 18.4 Å². The zero-order valence-corrected chi connectivity index (χ0v) is 8.34. The maximum atomic E-state index is 12.1. The number of hydrogen-bond acceptors (Lipinski definition) is 4. The lowest BCUT2D eigenvalue weighted by atomic mass is 10.1. The maximum absolute atomic E-state index is 12.1. The third kappa shape index (κ3) is 2.12. The van der Waals surface area contributed by atoms with Crippen molar-refractivity contribution in [2.24, 2.45) is 0 Å². The van der Waals surface area contributed by atoms with Gasteiger partial charge in [-0.15, -0.1) is 0 Å². The van der Waals surface area contributed by atoms with Crippen LogP contribution in [0.15, 0.2) is 30.5 Å². The summed E-state index contributed by atoms with van der Waals surface area (Å²) in [7, 11) is 0. The van der Waals surface area contributed by atoms with Crippen LogP contribution >= 0.6 is 0 Å². The lowest BCUT2D eigenvalue weighted by Gasteiger charge is -2.07. The van der Waals surface area contributed by atoms with Crippen molar-refractivity contribution in [3.63, 3.8) is 0 Å². The molecule has 0 bridgehead atoms. The van der Waals surface area contributed by atoms with E-state index in [0.29, 0.717) is 0 Å². The standard InChI is InChI=1S/C10H6F2N2O3/c11-10(12)17-8-4-3-7(14(15)16)6-2-1-5-13-9(6)8/h1-5,10H. The maximum Gasteiger partial charge on any atom is 0.387 e. The highest BCUT2D eigenvalue weighted by molar-refractivity contribution is 5.92. The summed E-state index contributed by atoms with van der Waals surface area (Å²) in [4.78, 5) is 14.0. The monoisotopic (exact) mass is 240 g/mol. The van der Waals surface area contributed by atoms with Gasteiger partial charge in [0.05, 0.1) is 10.3 Å². The Morgan fingerprint density at radius 3 is 2.76 bits per heavy atom. The molecular weight excluding hydrogens is 234 g/mol. The van der Waals surface area contributed by atoms with Gasteiger partial charge in [0.1, 0.15) is 5.52 Å². The van der Waals surface area contributed by atoms with E-state index in [1.54, 1.807) is 0 Å². The number of nitrogens with zero attached hydrogens (tertiary/aromatic N) is 2. The first-order valence-corrected chi connectivity index (χ1v) is 4.56. The van der Waals surface area contributed by atoms with Crippen LogP contribution in [0.3, 0.4) is 0 Å². The molecule has 0 fully saturated rings. The summed E-state index contributed by atoms with van der Waals surface area (Å²) in [5, 5.41) is 10.9. The molecule has 88 valence electrons. The second kappa shape index (κ2) is 4.28. The smallest absolute Gasteiger partial charge is 0.387 e. The molecule has 0 amide bonds. The van der Waals surface area contributed by atoms with Gasteiger partial charge in [-0.1, -0.05) is 0 Å². The fourth-order valence-electron chi connectivity index (χ4n) is 1.48. The predicted molar refractivity (Wildman–Crippen MR) is 55.0 cm³/mol. The molecule has 5 nitrogen and oxygen atoms in total. The van der Waals surface area contributed by atoms with E-state index in [4.69, 9.17) is 0 Å². The number of alkyl halides is 2. The predicted octanol–water partition coefficient (Wildman–Crippen LogP) is 2.74. The number of fused-ring (bicyclic) bond motifs is 1. The summed E-state index contributed by atoms with van der Waals surface area (Å²) in [6, 6.07) is 5.14. The highest BCUT2D eigenvalue weighted by Crippen LogP contribution is 2.31. The van der Waals surface area contributed by atoms with Crippen LogP contribution in [0, 0.1) is 10.1 Å². The molecule has 7 heteroatoms. The molecular formula is C10H6F2N2O3. The van der Waals surface area contributed by atoms with Gasteiger partial charge >= 0.3 is 6.61 Å². The van der Waals surface area contributed by atoms with E-state index in [-0.39, 0.29) is 22.3 Å². The Morgan fingerprint density at radius 1 is 1.35 bits per heavy atom. The topological polar surface area (TPSA) is 65.3 Å². The minimum Gasteiger partial charge on any atom is -0.432 e. The molecule has 0 spiro atoms. The second-order valence-corrected chi connectivity index (χ2v) is 3.12. The van der Waals surface area contributed by atoms with E-state index in [2.05, 4.69) is 9.72 Å². The van der Waals surface area contributed by atoms with E-state index in [0.717, 1.165) is 12.1 Å². The van der Waals surface area contributed by atoms with Crippen molar-refractivity contribution >= 4 is 16.6 Å². The summed E-state index contributed by atoms with van der Waals surface area (Å²) in [6.07, 6.45) is 1.35. The molecule has 0 radical (unpaired) electrons. The molecule has 1 aromatic carbocycles. The molecule has 2 rings (SSSR count). The van der Waals surface area contributed by atoms with Crippen molar-refractivity contribution in [2.45, 2.75) is 6.61 Å². The van der Waals surface area contributed by atoms with Crippen molar-refractivity contribution in [3.05, 3.63) is 40.6 Å². The van der Waals surface area contributed by atoms with Gasteiger partial charge in [-0.3, -0.25) is 15.1 Å². The number of ether oxygens (including phenoxy) is 1. The Hall–Kier alpha value is -2.31. The van der Waals surface area contributed by atoms with Crippen LogP contribution in [0.1, 0.15) is 0 Å². The van der Waals surface area contributed by atoms with Crippen LogP contribution in [0.5, 0.6) is 5.75 Å². The molecule has 1 aromatic heterocycles. The Balaban J connectivity index is 2.66. The molecule has 0 N–H and O–H groups in total. The summed E-state index contributed by atoms with van der Waals surface area (Å²) >= 11 is 0. The highest BCUT2D eigenvalue weighted by atomic mass is 19.3. The molecule has 1 heterocycles. The Labute approximate surface area is 93.8 Å². The van der Waals surface area contributed by atoms with E-state index in [1.165, 1.54) is 18.3 Å². The van der Waals surface area contributed by atoms with Gasteiger partial charge in [0.25, 0.3) is 5.69 Å². The first kappa shape index (κ1) is 11.2. The normalized spacial score (nSPS) is 10.8. The Morgan fingerprint density at radius 2 is 2.12 bits per heavy atom. The fraction of sp³-hybridized carbons (Fsp3) is 0.100. The number of halogens is 2. The Kier molecular flexibility index (Phi) is 2.82. The average Bonchev–Trinajstić information content (AvgIpc) is 2.28. The third-order valence-electron chi connectivity index (χ3n) is 2.12. The van der Waals surface area contributed by atoms with Crippen LogP contribution in [0.4, 0.5) is 14.5 Å². The van der Waals surface area contributed by atoms with Crippen LogP contribution in [0.2, 0.25) is 0 Å². The highest BCUT2D eigenvalue weighted by Gasteiger charge is 2.17. The number of nitro groups is 1. The van der Waals surface area contributed by atoms with Gasteiger partial charge in [0.2, 0.25) is 0 Å². The van der Waals surface area contributed by atoms with E-state index in [9.17, 15) is 18.9 Å². The lowest BCUT2D eigenvalue weighted by Crippen LogP contribution is -2.03. The van der Waals surface area contributed by atoms with Gasteiger partial charge in [-0.25, -0.2) is 0 Å². The number of rotatable bonds is 3. The molecule has 0 aliphatic rings. The average molecular weight is 240 g/mol. The van der Waals surface area contributed by atoms with Crippen LogP contribution in [-0.2, 0) is 0 Å². The zero-order chi connectivity index (χ0) is 12.4. The zero-order valence-electron chi connectivity index (χ0n) is 8.34. The van der Waals surface area contributed by atoms with Crippen LogP contribution in [0.25, 0.3) is 10.9 Å². The SMILES string of the molecule is O=[N+]([O-])c1ccc(OC(F)F)c2ncccc12. The van der Waals surface area contributed by atoms with E-state index >= 15 is 0 Å². The lowest BCUT2D eigenvalue weighted by molar-refractivity contribution is -0.383. The number of nitro benzene ring substituents is 1. The Bertz CT molecular complexity index is 574. The first-order chi connectivity index (χ1) is 8.09. The van der Waals surface area contributed by atoms with Crippen molar-refractivity contribution in [3.8, 4) is 5.75 Å².